The monoisotopic (exact) mass is 346 g/mol. The number of fused-ring (bicyclic) bond motifs is 1. The van der Waals surface area contributed by atoms with Crippen molar-refractivity contribution in [2.24, 2.45) is 5.10 Å². The van der Waals surface area contributed by atoms with Crippen LogP contribution in [-0.2, 0) is 0 Å². The molecule has 0 unspecified atom stereocenters. The third-order valence-electron chi connectivity index (χ3n) is 3.62. The molecule has 0 bridgehead atoms. The van der Waals surface area contributed by atoms with E-state index < -0.39 is 0 Å². The van der Waals surface area contributed by atoms with Crippen molar-refractivity contribution in [1.29, 1.82) is 0 Å². The number of hydrogen-bond acceptors (Lipinski definition) is 5. The van der Waals surface area contributed by atoms with Crippen molar-refractivity contribution in [1.82, 2.24) is 10.1 Å². The largest absolute Gasteiger partial charge is 0.276 e. The summed E-state index contributed by atoms with van der Waals surface area (Å²) in [5, 5.41) is 7.09. The number of allylic oxidation sites excluding steroid dienone is 1. The molecule has 0 aliphatic carbocycles. The van der Waals surface area contributed by atoms with Crippen LogP contribution in [0.1, 0.15) is 5.56 Å². The SMILES string of the molecule is C=CC(=C)N(/N=C/c1ccccc1S)Nc1cccc2cccnc12. The Morgan fingerprint density at radius 2 is 1.92 bits per heavy atom. The van der Waals surface area contributed by atoms with Gasteiger partial charge in [0, 0.05) is 22.0 Å². The Morgan fingerprint density at radius 1 is 1.12 bits per heavy atom. The Hall–Kier alpha value is -3.05. The highest BCUT2D eigenvalue weighted by atomic mass is 32.1. The van der Waals surface area contributed by atoms with E-state index in [1.54, 1.807) is 23.6 Å². The molecule has 0 aliphatic rings. The van der Waals surface area contributed by atoms with E-state index in [2.05, 4.69) is 41.3 Å². The van der Waals surface area contributed by atoms with E-state index in [1.165, 1.54) is 0 Å². The summed E-state index contributed by atoms with van der Waals surface area (Å²) >= 11 is 4.44. The number of thiol groups is 1. The molecular weight excluding hydrogens is 328 g/mol. The van der Waals surface area contributed by atoms with Crippen LogP contribution in [-0.4, -0.2) is 16.3 Å². The maximum absolute atomic E-state index is 4.48. The van der Waals surface area contributed by atoms with Crippen LogP contribution in [0.2, 0.25) is 0 Å². The second-order valence-electron chi connectivity index (χ2n) is 5.30. The summed E-state index contributed by atoms with van der Waals surface area (Å²) in [5.41, 5.74) is 6.45. The van der Waals surface area contributed by atoms with Crippen molar-refractivity contribution in [2.45, 2.75) is 4.90 Å². The summed E-state index contributed by atoms with van der Waals surface area (Å²) in [4.78, 5) is 5.29. The Labute approximate surface area is 152 Å². The topological polar surface area (TPSA) is 40.5 Å². The first-order valence-electron chi connectivity index (χ1n) is 7.73. The van der Waals surface area contributed by atoms with Gasteiger partial charge in [0.05, 0.1) is 23.1 Å². The first-order chi connectivity index (χ1) is 12.2. The number of pyridine rings is 1. The van der Waals surface area contributed by atoms with Gasteiger partial charge in [-0.05, 0) is 24.3 Å². The zero-order valence-electron chi connectivity index (χ0n) is 13.6. The fraction of sp³-hybridized carbons (Fsp3) is 0. The summed E-state index contributed by atoms with van der Waals surface area (Å²) in [5.74, 6) is 0. The summed E-state index contributed by atoms with van der Waals surface area (Å²) in [6, 6.07) is 17.6. The number of para-hydroxylation sites is 1. The summed E-state index contributed by atoms with van der Waals surface area (Å²) in [6.07, 6.45) is 5.12. The number of nitrogens with one attached hydrogen (secondary N) is 1. The molecule has 0 saturated heterocycles. The maximum Gasteiger partial charge on any atom is 0.0951 e. The maximum atomic E-state index is 4.48. The molecule has 3 aromatic rings. The molecule has 4 nitrogen and oxygen atoms in total. The standard InChI is InChI=1S/C20H18N4S/c1-3-15(2)24(22-14-17-8-4-5-12-19(17)25)23-18-11-6-9-16-10-7-13-21-20(16)18/h3-14,23,25H,1-2H2/b22-14+. The van der Waals surface area contributed by atoms with Gasteiger partial charge in [0.2, 0.25) is 0 Å². The molecule has 2 aromatic carbocycles. The van der Waals surface area contributed by atoms with Crippen LogP contribution in [0.25, 0.3) is 10.9 Å². The van der Waals surface area contributed by atoms with Crippen molar-refractivity contribution in [3.8, 4) is 0 Å². The first-order valence-corrected chi connectivity index (χ1v) is 8.17. The normalized spacial score (nSPS) is 10.8. The first kappa shape index (κ1) is 16.8. The zero-order chi connectivity index (χ0) is 17.6. The van der Waals surface area contributed by atoms with E-state index in [9.17, 15) is 0 Å². The van der Waals surface area contributed by atoms with Crippen molar-refractivity contribution < 1.29 is 0 Å². The lowest BCUT2D eigenvalue weighted by Crippen LogP contribution is -2.23. The van der Waals surface area contributed by atoms with Crippen LogP contribution in [0.3, 0.4) is 0 Å². The van der Waals surface area contributed by atoms with Crippen molar-refractivity contribution in [3.63, 3.8) is 0 Å². The van der Waals surface area contributed by atoms with Crippen LogP contribution >= 0.6 is 12.6 Å². The minimum atomic E-state index is 0.612. The molecule has 1 heterocycles. The molecule has 0 amide bonds. The number of hydrazone groups is 1. The smallest absolute Gasteiger partial charge is 0.0951 e. The third-order valence-corrected chi connectivity index (χ3v) is 4.02. The molecule has 0 atom stereocenters. The van der Waals surface area contributed by atoms with E-state index in [1.807, 2.05) is 54.6 Å². The molecule has 124 valence electrons. The lowest BCUT2D eigenvalue weighted by Gasteiger charge is -2.21. The van der Waals surface area contributed by atoms with Gasteiger partial charge in [-0.25, -0.2) is 0 Å². The van der Waals surface area contributed by atoms with Gasteiger partial charge >= 0.3 is 0 Å². The molecule has 1 aromatic heterocycles. The molecule has 3 rings (SSSR count). The molecular formula is C20H18N4S. The third kappa shape index (κ3) is 3.89. The summed E-state index contributed by atoms with van der Waals surface area (Å²) < 4.78 is 0. The number of aromatic nitrogens is 1. The van der Waals surface area contributed by atoms with E-state index >= 15 is 0 Å². The zero-order valence-corrected chi connectivity index (χ0v) is 14.5. The number of hydrazine groups is 1. The Bertz CT molecular complexity index is 944. The Morgan fingerprint density at radius 3 is 2.72 bits per heavy atom. The number of hydrogen-bond donors (Lipinski definition) is 2. The fourth-order valence-electron chi connectivity index (χ4n) is 2.29. The Balaban J connectivity index is 1.92. The molecule has 0 spiro atoms. The van der Waals surface area contributed by atoms with Crippen LogP contribution in [0.15, 0.2) is 95.7 Å². The second kappa shape index (κ2) is 7.68. The number of anilines is 1. The van der Waals surface area contributed by atoms with Crippen LogP contribution in [0, 0.1) is 0 Å². The quantitative estimate of drug-likeness (QED) is 0.289. The minimum Gasteiger partial charge on any atom is -0.276 e. The fourth-order valence-corrected chi connectivity index (χ4v) is 2.50. The van der Waals surface area contributed by atoms with Gasteiger partial charge in [-0.2, -0.15) is 10.2 Å². The van der Waals surface area contributed by atoms with Crippen molar-refractivity contribution >= 4 is 35.4 Å². The summed E-state index contributed by atoms with van der Waals surface area (Å²) in [6.45, 7) is 7.75. The van der Waals surface area contributed by atoms with Crippen LogP contribution in [0.5, 0.6) is 0 Å². The van der Waals surface area contributed by atoms with E-state index in [0.29, 0.717) is 5.70 Å². The molecule has 1 N–H and O–H groups in total. The lowest BCUT2D eigenvalue weighted by atomic mass is 10.2. The van der Waals surface area contributed by atoms with Gasteiger partial charge in [0.1, 0.15) is 0 Å². The highest BCUT2D eigenvalue weighted by Gasteiger charge is 2.07. The van der Waals surface area contributed by atoms with Gasteiger partial charge in [-0.1, -0.05) is 49.6 Å². The van der Waals surface area contributed by atoms with Gasteiger partial charge in [-0.3, -0.25) is 10.4 Å². The minimum absolute atomic E-state index is 0.612. The number of nitrogens with zero attached hydrogens (tertiary/aromatic N) is 3. The van der Waals surface area contributed by atoms with Crippen LogP contribution < -0.4 is 5.43 Å². The van der Waals surface area contributed by atoms with E-state index in [-0.39, 0.29) is 0 Å². The van der Waals surface area contributed by atoms with Crippen molar-refractivity contribution in [3.05, 3.63) is 91.3 Å². The average molecular weight is 346 g/mol. The van der Waals surface area contributed by atoms with Gasteiger partial charge in [0.15, 0.2) is 0 Å². The predicted molar refractivity (Wildman–Crippen MR) is 108 cm³/mol. The van der Waals surface area contributed by atoms with E-state index in [0.717, 1.165) is 27.0 Å². The molecule has 0 fully saturated rings. The molecule has 0 aliphatic heterocycles. The summed E-state index contributed by atoms with van der Waals surface area (Å²) in [7, 11) is 0. The molecule has 5 heteroatoms. The highest BCUT2D eigenvalue weighted by Crippen LogP contribution is 2.22. The highest BCUT2D eigenvalue weighted by molar-refractivity contribution is 7.80. The number of benzene rings is 2. The van der Waals surface area contributed by atoms with Crippen LogP contribution in [0.4, 0.5) is 5.69 Å². The second-order valence-corrected chi connectivity index (χ2v) is 5.78. The van der Waals surface area contributed by atoms with Gasteiger partial charge in [-0.15, -0.1) is 12.6 Å². The number of rotatable bonds is 6. The van der Waals surface area contributed by atoms with Gasteiger partial charge < -0.3 is 0 Å². The molecule has 25 heavy (non-hydrogen) atoms. The predicted octanol–water partition coefficient (Wildman–Crippen LogP) is 4.89. The molecule has 0 saturated carbocycles. The Kier molecular flexibility index (Phi) is 5.16. The van der Waals surface area contributed by atoms with Crippen molar-refractivity contribution in [2.75, 3.05) is 5.43 Å². The lowest BCUT2D eigenvalue weighted by molar-refractivity contribution is 0.458. The van der Waals surface area contributed by atoms with E-state index in [4.69, 9.17) is 0 Å². The average Bonchev–Trinajstić information content (AvgIpc) is 2.65. The molecule has 0 radical (unpaired) electrons. The van der Waals surface area contributed by atoms with Gasteiger partial charge in [0.25, 0.3) is 0 Å².